The van der Waals surface area contributed by atoms with Gasteiger partial charge in [0, 0.05) is 30.9 Å². The predicted molar refractivity (Wildman–Crippen MR) is 84.8 cm³/mol. The highest BCUT2D eigenvalue weighted by atomic mass is 16.7. The zero-order valence-electron chi connectivity index (χ0n) is 14.2. The van der Waals surface area contributed by atoms with Crippen LogP contribution in [0.15, 0.2) is 12.4 Å². The fourth-order valence-electron chi connectivity index (χ4n) is 2.94. The quantitative estimate of drug-likeness (QED) is 0.790. The first-order valence-electron chi connectivity index (χ1n) is 8.01. The number of rotatable bonds is 3. The molecule has 3 rings (SSSR count). The molecule has 6 nitrogen and oxygen atoms in total. The Morgan fingerprint density at radius 1 is 1.18 bits per heavy atom. The third kappa shape index (κ3) is 2.83. The van der Waals surface area contributed by atoms with E-state index >= 15 is 0 Å². The maximum absolute atomic E-state index is 6.08. The van der Waals surface area contributed by atoms with Crippen molar-refractivity contribution in [3.63, 3.8) is 0 Å². The molecule has 0 unspecified atom stereocenters. The molecule has 2 saturated heterocycles. The molecule has 7 heteroatoms. The molecule has 2 fully saturated rings. The first-order chi connectivity index (χ1) is 10.3. The Balaban J connectivity index is 1.68. The average Bonchev–Trinajstić information content (AvgIpc) is 3.03. The number of nitrogens with zero attached hydrogens (tertiary/aromatic N) is 3. The molecule has 0 amide bonds. The molecule has 0 radical (unpaired) electrons. The van der Waals surface area contributed by atoms with E-state index in [0.29, 0.717) is 6.04 Å². The molecule has 0 saturated carbocycles. The Morgan fingerprint density at radius 3 is 2.32 bits per heavy atom. The highest BCUT2D eigenvalue weighted by molar-refractivity contribution is 6.61. The van der Waals surface area contributed by atoms with Crippen molar-refractivity contribution in [3.05, 3.63) is 12.4 Å². The molecule has 2 aliphatic heterocycles. The maximum Gasteiger partial charge on any atom is 0.498 e. The van der Waals surface area contributed by atoms with Gasteiger partial charge in [-0.3, -0.25) is 4.68 Å². The highest BCUT2D eigenvalue weighted by Gasteiger charge is 2.52. The van der Waals surface area contributed by atoms with E-state index in [1.807, 2.05) is 15.9 Å². The molecular formula is C15H26BN3O3. The van der Waals surface area contributed by atoms with Crippen molar-refractivity contribution in [2.24, 2.45) is 0 Å². The van der Waals surface area contributed by atoms with Crippen molar-refractivity contribution < 1.29 is 14.1 Å². The number of piperidine rings is 1. The Labute approximate surface area is 132 Å². The first-order valence-corrected chi connectivity index (χ1v) is 8.01. The van der Waals surface area contributed by atoms with Gasteiger partial charge < -0.3 is 14.1 Å². The standard InChI is InChI=1S/C15H26BN3O3/c1-14(2)15(3,4)22-16(21-14)12-10-17-19(11-12)13-6-8-18(20-5)9-7-13/h10-11,13H,6-9H2,1-5H3. The van der Waals surface area contributed by atoms with Crippen LogP contribution in [-0.4, -0.2) is 53.4 Å². The SMILES string of the molecule is CON1CCC(n2cc(B3OC(C)(C)C(C)(C)O3)cn2)CC1. The van der Waals surface area contributed by atoms with Gasteiger partial charge >= 0.3 is 7.12 Å². The van der Waals surface area contributed by atoms with Crippen LogP contribution in [0.2, 0.25) is 0 Å². The van der Waals surface area contributed by atoms with Crippen LogP contribution in [0, 0.1) is 0 Å². The topological polar surface area (TPSA) is 48.8 Å². The summed E-state index contributed by atoms with van der Waals surface area (Å²) in [4.78, 5) is 5.27. The molecule has 22 heavy (non-hydrogen) atoms. The van der Waals surface area contributed by atoms with Gasteiger partial charge in [0.1, 0.15) is 0 Å². The molecule has 1 aromatic rings. The zero-order valence-corrected chi connectivity index (χ0v) is 14.2. The predicted octanol–water partition coefficient (Wildman–Crippen LogP) is 1.38. The fraction of sp³-hybridized carbons (Fsp3) is 0.800. The summed E-state index contributed by atoms with van der Waals surface area (Å²) < 4.78 is 14.2. The molecular weight excluding hydrogens is 281 g/mol. The molecule has 0 aromatic carbocycles. The van der Waals surface area contributed by atoms with Gasteiger partial charge in [0.05, 0.1) is 24.4 Å². The lowest BCUT2D eigenvalue weighted by molar-refractivity contribution is -0.147. The van der Waals surface area contributed by atoms with Crippen molar-refractivity contribution in [2.45, 2.75) is 57.8 Å². The molecule has 1 aromatic heterocycles. The smallest absolute Gasteiger partial charge is 0.399 e. The molecule has 0 bridgehead atoms. The van der Waals surface area contributed by atoms with Crippen molar-refractivity contribution in [1.29, 1.82) is 0 Å². The summed E-state index contributed by atoms with van der Waals surface area (Å²) in [7, 11) is 1.39. The van der Waals surface area contributed by atoms with Crippen LogP contribution < -0.4 is 5.46 Å². The van der Waals surface area contributed by atoms with Crippen LogP contribution in [0.1, 0.15) is 46.6 Å². The minimum absolute atomic E-state index is 0.316. The largest absolute Gasteiger partial charge is 0.498 e. The van der Waals surface area contributed by atoms with Crippen molar-refractivity contribution >= 4 is 12.6 Å². The van der Waals surface area contributed by atoms with Gasteiger partial charge in [-0.15, -0.1) is 0 Å². The second-order valence-corrected chi connectivity index (χ2v) is 7.18. The summed E-state index contributed by atoms with van der Waals surface area (Å²) in [5.74, 6) is 0. The van der Waals surface area contributed by atoms with E-state index in [2.05, 4.69) is 39.0 Å². The summed E-state index contributed by atoms with van der Waals surface area (Å²) in [5, 5.41) is 6.52. The Kier molecular flexibility index (Phi) is 4.10. The lowest BCUT2D eigenvalue weighted by Crippen LogP contribution is -2.41. The summed E-state index contributed by atoms with van der Waals surface area (Å²) in [6.45, 7) is 10.1. The first kappa shape index (κ1) is 16.0. The maximum atomic E-state index is 6.08. The normalized spacial score (nSPS) is 25.8. The third-order valence-corrected chi connectivity index (χ3v) is 5.20. The minimum atomic E-state index is -0.335. The molecule has 2 aliphatic rings. The van der Waals surface area contributed by atoms with Crippen molar-refractivity contribution in [2.75, 3.05) is 20.2 Å². The van der Waals surface area contributed by atoms with Gasteiger partial charge in [-0.05, 0) is 40.5 Å². The zero-order chi connectivity index (χ0) is 16.0. The lowest BCUT2D eigenvalue weighted by atomic mass is 9.82. The Morgan fingerprint density at radius 2 is 1.77 bits per heavy atom. The fourth-order valence-corrected chi connectivity index (χ4v) is 2.94. The Hall–Kier alpha value is -0.885. The van der Waals surface area contributed by atoms with E-state index in [1.165, 1.54) is 0 Å². The highest BCUT2D eigenvalue weighted by Crippen LogP contribution is 2.36. The van der Waals surface area contributed by atoms with Gasteiger partial charge in [-0.2, -0.15) is 10.2 Å². The van der Waals surface area contributed by atoms with Crippen molar-refractivity contribution in [1.82, 2.24) is 14.8 Å². The van der Waals surface area contributed by atoms with Gasteiger partial charge in [0.2, 0.25) is 0 Å². The van der Waals surface area contributed by atoms with Gasteiger partial charge in [-0.25, -0.2) is 0 Å². The number of aromatic nitrogens is 2. The van der Waals surface area contributed by atoms with Gasteiger partial charge in [-0.1, -0.05) is 0 Å². The molecule has 0 N–H and O–H groups in total. The van der Waals surface area contributed by atoms with Gasteiger partial charge in [0.25, 0.3) is 0 Å². The van der Waals surface area contributed by atoms with E-state index in [4.69, 9.17) is 14.1 Å². The average molecular weight is 307 g/mol. The molecule has 122 valence electrons. The van der Waals surface area contributed by atoms with Crippen LogP contribution in [0.25, 0.3) is 0 Å². The van der Waals surface area contributed by atoms with Crippen molar-refractivity contribution in [3.8, 4) is 0 Å². The van der Waals surface area contributed by atoms with E-state index in [9.17, 15) is 0 Å². The van der Waals surface area contributed by atoms with E-state index in [1.54, 1.807) is 7.11 Å². The van der Waals surface area contributed by atoms with Crippen LogP contribution >= 0.6 is 0 Å². The molecule has 0 atom stereocenters. The summed E-state index contributed by atoms with van der Waals surface area (Å²) in [6.07, 6.45) is 6.01. The van der Waals surface area contributed by atoms with E-state index < -0.39 is 0 Å². The number of hydrogen-bond donors (Lipinski definition) is 0. The lowest BCUT2D eigenvalue weighted by Gasteiger charge is -2.32. The summed E-state index contributed by atoms with van der Waals surface area (Å²) in [5.41, 5.74) is 0.362. The van der Waals surface area contributed by atoms with Gasteiger partial charge in [0.15, 0.2) is 0 Å². The number of hydrogen-bond acceptors (Lipinski definition) is 5. The van der Waals surface area contributed by atoms with Crippen LogP contribution in [0.4, 0.5) is 0 Å². The Bertz CT molecular complexity index is 508. The number of hydroxylamine groups is 2. The van der Waals surface area contributed by atoms with Crippen LogP contribution in [0.3, 0.4) is 0 Å². The van der Waals surface area contributed by atoms with Crippen LogP contribution in [0.5, 0.6) is 0 Å². The summed E-state index contributed by atoms with van der Waals surface area (Å²) >= 11 is 0. The minimum Gasteiger partial charge on any atom is -0.399 e. The second kappa shape index (κ2) is 5.63. The third-order valence-electron chi connectivity index (χ3n) is 5.20. The van der Waals surface area contributed by atoms with Crippen LogP contribution in [-0.2, 0) is 14.1 Å². The molecule has 0 spiro atoms. The second-order valence-electron chi connectivity index (χ2n) is 7.18. The summed E-state index contributed by atoms with van der Waals surface area (Å²) in [6, 6.07) is 0.419. The molecule has 3 heterocycles. The molecule has 0 aliphatic carbocycles. The monoisotopic (exact) mass is 307 g/mol. The van der Waals surface area contributed by atoms with E-state index in [0.717, 1.165) is 31.4 Å². The van der Waals surface area contributed by atoms with E-state index in [-0.39, 0.29) is 18.3 Å².